The fraction of sp³-hybridized carbons (Fsp3) is 0.125. The second-order valence-corrected chi connectivity index (χ2v) is 6.72. The molecule has 0 radical (unpaired) electrons. The maximum Gasteiger partial charge on any atom is 0.247 e. The first-order chi connectivity index (χ1) is 14.3. The Bertz CT molecular complexity index is 1010. The molecule has 4 aromatic rings. The molecule has 1 N–H and O–H groups in total. The summed E-state index contributed by atoms with van der Waals surface area (Å²) in [4.78, 5) is 12.6. The van der Waals surface area contributed by atoms with Gasteiger partial charge in [0, 0.05) is 17.9 Å². The van der Waals surface area contributed by atoms with Crippen molar-refractivity contribution in [3.63, 3.8) is 0 Å². The Labute approximate surface area is 169 Å². The summed E-state index contributed by atoms with van der Waals surface area (Å²) in [5.74, 6) is 0.747. The smallest absolute Gasteiger partial charge is 0.247 e. The van der Waals surface area contributed by atoms with Crippen LogP contribution in [-0.2, 0) is 11.3 Å². The van der Waals surface area contributed by atoms with Gasteiger partial charge in [-0.2, -0.15) is 0 Å². The average molecular weight is 383 g/mol. The third-order valence-electron chi connectivity index (χ3n) is 4.72. The summed E-state index contributed by atoms with van der Waals surface area (Å²) in [5, 5.41) is 11.0. The van der Waals surface area contributed by atoms with Gasteiger partial charge in [-0.15, -0.1) is 10.2 Å². The van der Waals surface area contributed by atoms with Crippen LogP contribution in [0.5, 0.6) is 0 Å². The van der Waals surface area contributed by atoms with E-state index < -0.39 is 0 Å². The number of hydrogen-bond acceptors (Lipinski definition) is 4. The molecular weight excluding hydrogens is 362 g/mol. The molecule has 0 aliphatic rings. The highest BCUT2D eigenvalue weighted by Crippen LogP contribution is 2.27. The number of benzene rings is 3. The van der Waals surface area contributed by atoms with E-state index in [9.17, 15) is 4.79 Å². The SMILES string of the molecule is O=C(CC(c1ccccc1)c1ccccc1)NCc1nnc(-c2ccccc2)o1. The third kappa shape index (κ3) is 4.76. The van der Waals surface area contributed by atoms with Crippen LogP contribution < -0.4 is 5.32 Å². The number of carbonyl (C=O) groups excluding carboxylic acids is 1. The molecule has 0 saturated heterocycles. The van der Waals surface area contributed by atoms with Crippen molar-refractivity contribution in [3.05, 3.63) is 108 Å². The first kappa shape index (κ1) is 18.6. The molecule has 0 unspecified atom stereocenters. The molecule has 0 aliphatic heterocycles. The molecule has 5 heteroatoms. The number of nitrogens with one attached hydrogen (secondary N) is 1. The van der Waals surface area contributed by atoms with Crippen LogP contribution in [-0.4, -0.2) is 16.1 Å². The van der Waals surface area contributed by atoms with Crippen molar-refractivity contribution >= 4 is 5.91 Å². The van der Waals surface area contributed by atoms with E-state index in [-0.39, 0.29) is 18.4 Å². The summed E-state index contributed by atoms with van der Waals surface area (Å²) in [6.07, 6.45) is 0.341. The van der Waals surface area contributed by atoms with Crippen LogP contribution >= 0.6 is 0 Å². The Balaban J connectivity index is 1.42. The van der Waals surface area contributed by atoms with E-state index in [1.54, 1.807) is 0 Å². The van der Waals surface area contributed by atoms with Crippen molar-refractivity contribution in [2.45, 2.75) is 18.9 Å². The summed E-state index contributed by atoms with van der Waals surface area (Å²) in [7, 11) is 0. The molecule has 0 atom stereocenters. The fourth-order valence-corrected chi connectivity index (χ4v) is 3.25. The predicted molar refractivity (Wildman–Crippen MR) is 111 cm³/mol. The lowest BCUT2D eigenvalue weighted by molar-refractivity contribution is -0.121. The van der Waals surface area contributed by atoms with E-state index in [0.29, 0.717) is 18.2 Å². The van der Waals surface area contributed by atoms with Gasteiger partial charge in [-0.25, -0.2) is 0 Å². The lowest BCUT2D eigenvalue weighted by Crippen LogP contribution is -2.25. The van der Waals surface area contributed by atoms with Gasteiger partial charge >= 0.3 is 0 Å². The van der Waals surface area contributed by atoms with Gasteiger partial charge in [0.25, 0.3) is 0 Å². The molecule has 1 amide bonds. The van der Waals surface area contributed by atoms with Crippen molar-refractivity contribution < 1.29 is 9.21 Å². The van der Waals surface area contributed by atoms with Gasteiger partial charge in [-0.05, 0) is 23.3 Å². The molecule has 29 heavy (non-hydrogen) atoms. The Morgan fingerprint density at radius 1 is 0.793 bits per heavy atom. The van der Waals surface area contributed by atoms with Gasteiger partial charge in [0.1, 0.15) is 0 Å². The van der Waals surface area contributed by atoms with Gasteiger partial charge < -0.3 is 9.73 Å². The summed E-state index contributed by atoms with van der Waals surface area (Å²) in [5.41, 5.74) is 3.07. The monoisotopic (exact) mass is 383 g/mol. The van der Waals surface area contributed by atoms with Gasteiger partial charge in [0.15, 0.2) is 0 Å². The van der Waals surface area contributed by atoms with Gasteiger partial charge in [-0.3, -0.25) is 4.79 Å². The second-order valence-electron chi connectivity index (χ2n) is 6.72. The van der Waals surface area contributed by atoms with Gasteiger partial charge in [0.05, 0.1) is 6.54 Å². The molecule has 3 aromatic carbocycles. The van der Waals surface area contributed by atoms with Crippen LogP contribution in [0.2, 0.25) is 0 Å². The lowest BCUT2D eigenvalue weighted by atomic mass is 9.88. The van der Waals surface area contributed by atoms with Crippen LogP contribution in [0.25, 0.3) is 11.5 Å². The van der Waals surface area contributed by atoms with Crippen molar-refractivity contribution in [1.82, 2.24) is 15.5 Å². The summed E-state index contributed by atoms with van der Waals surface area (Å²) >= 11 is 0. The molecule has 0 bridgehead atoms. The van der Waals surface area contributed by atoms with Crippen molar-refractivity contribution in [1.29, 1.82) is 0 Å². The quantitative estimate of drug-likeness (QED) is 0.507. The van der Waals surface area contributed by atoms with Gasteiger partial charge in [0.2, 0.25) is 17.7 Å². The third-order valence-corrected chi connectivity index (χ3v) is 4.72. The lowest BCUT2D eigenvalue weighted by Gasteiger charge is -2.17. The predicted octanol–water partition coefficient (Wildman–Crippen LogP) is 4.58. The maximum absolute atomic E-state index is 12.6. The summed E-state index contributed by atoms with van der Waals surface area (Å²) in [6, 6.07) is 29.7. The molecular formula is C24H21N3O2. The normalized spacial score (nSPS) is 10.8. The van der Waals surface area contributed by atoms with Crippen LogP contribution in [0, 0.1) is 0 Å². The van der Waals surface area contributed by atoms with E-state index >= 15 is 0 Å². The second kappa shape index (κ2) is 8.97. The first-order valence-corrected chi connectivity index (χ1v) is 9.54. The number of carbonyl (C=O) groups is 1. The fourth-order valence-electron chi connectivity index (χ4n) is 3.25. The van der Waals surface area contributed by atoms with E-state index in [0.717, 1.165) is 16.7 Å². The maximum atomic E-state index is 12.6. The largest absolute Gasteiger partial charge is 0.419 e. The zero-order valence-corrected chi connectivity index (χ0v) is 15.9. The molecule has 0 spiro atoms. The minimum absolute atomic E-state index is 0.0139. The standard InChI is InChI=1S/C24H21N3O2/c28-22(25-17-23-26-27-24(29-23)20-14-8-3-9-15-20)16-21(18-10-4-1-5-11-18)19-12-6-2-7-13-19/h1-15,21H,16-17H2,(H,25,28). The van der Waals surface area contributed by atoms with E-state index in [4.69, 9.17) is 4.42 Å². The Morgan fingerprint density at radius 2 is 1.34 bits per heavy atom. The van der Waals surface area contributed by atoms with Crippen molar-refractivity contribution in [2.24, 2.45) is 0 Å². The molecule has 0 saturated carbocycles. The van der Waals surface area contributed by atoms with E-state index in [1.807, 2.05) is 66.7 Å². The highest BCUT2D eigenvalue weighted by atomic mass is 16.4. The van der Waals surface area contributed by atoms with Gasteiger partial charge in [-0.1, -0.05) is 78.9 Å². The molecule has 144 valence electrons. The molecule has 4 rings (SSSR count). The zero-order valence-electron chi connectivity index (χ0n) is 15.9. The van der Waals surface area contributed by atoms with Crippen molar-refractivity contribution in [2.75, 3.05) is 0 Å². The Morgan fingerprint density at radius 3 is 1.93 bits per heavy atom. The molecule has 5 nitrogen and oxygen atoms in total. The zero-order chi connectivity index (χ0) is 19.9. The first-order valence-electron chi connectivity index (χ1n) is 9.54. The van der Waals surface area contributed by atoms with Crippen LogP contribution in [0.1, 0.15) is 29.4 Å². The molecule has 1 heterocycles. The highest BCUT2D eigenvalue weighted by Gasteiger charge is 2.18. The minimum atomic E-state index is -0.0674. The molecule has 1 aromatic heterocycles. The molecule has 0 aliphatic carbocycles. The topological polar surface area (TPSA) is 68.0 Å². The van der Waals surface area contributed by atoms with Crippen LogP contribution in [0.15, 0.2) is 95.4 Å². The van der Waals surface area contributed by atoms with Crippen LogP contribution in [0.4, 0.5) is 0 Å². The number of aromatic nitrogens is 2. The Kier molecular flexibility index (Phi) is 5.76. The highest BCUT2D eigenvalue weighted by molar-refractivity contribution is 5.77. The number of nitrogens with zero attached hydrogens (tertiary/aromatic N) is 2. The molecule has 0 fully saturated rings. The van der Waals surface area contributed by atoms with Crippen LogP contribution in [0.3, 0.4) is 0 Å². The number of hydrogen-bond donors (Lipinski definition) is 1. The summed E-state index contributed by atoms with van der Waals surface area (Å²) < 4.78 is 5.66. The van der Waals surface area contributed by atoms with Crippen molar-refractivity contribution in [3.8, 4) is 11.5 Å². The number of amides is 1. The van der Waals surface area contributed by atoms with E-state index in [1.165, 1.54) is 0 Å². The minimum Gasteiger partial charge on any atom is -0.419 e. The number of rotatable bonds is 7. The van der Waals surface area contributed by atoms with E-state index in [2.05, 4.69) is 39.8 Å². The Hall–Kier alpha value is -3.73. The average Bonchev–Trinajstić information content (AvgIpc) is 3.27. The summed E-state index contributed by atoms with van der Waals surface area (Å²) in [6.45, 7) is 0.203.